The number of nitrogens with zero attached hydrogens (tertiary/aromatic N) is 2. The van der Waals surface area contributed by atoms with Crippen LogP contribution in [-0.2, 0) is 0 Å². The van der Waals surface area contributed by atoms with E-state index in [1.165, 1.54) is 6.07 Å². The summed E-state index contributed by atoms with van der Waals surface area (Å²) in [7, 11) is 0. The van der Waals surface area contributed by atoms with Crippen molar-refractivity contribution in [1.82, 2.24) is 15.0 Å². The van der Waals surface area contributed by atoms with Gasteiger partial charge < -0.3 is 14.5 Å². The molecule has 0 unspecified atom stereocenters. The summed E-state index contributed by atoms with van der Waals surface area (Å²) in [5, 5.41) is 10.6. The van der Waals surface area contributed by atoms with Crippen molar-refractivity contribution in [3.8, 4) is 17.1 Å². The third-order valence-corrected chi connectivity index (χ3v) is 3.26. The molecule has 0 bridgehead atoms. The molecule has 3 heterocycles. The van der Waals surface area contributed by atoms with Crippen LogP contribution >= 0.6 is 0 Å². The van der Waals surface area contributed by atoms with Gasteiger partial charge in [0.2, 0.25) is 11.3 Å². The minimum Gasteiger partial charge on any atom is -0.507 e. The second kappa shape index (κ2) is 5.82. The molecule has 0 atom stereocenters. The molecule has 22 heavy (non-hydrogen) atoms. The number of furan rings is 1. The van der Waals surface area contributed by atoms with E-state index in [0.29, 0.717) is 22.2 Å². The van der Waals surface area contributed by atoms with Crippen molar-refractivity contribution < 1.29 is 53.6 Å². The van der Waals surface area contributed by atoms with E-state index >= 15 is 0 Å². The number of pyridine rings is 1. The van der Waals surface area contributed by atoms with Crippen molar-refractivity contribution in [3.05, 3.63) is 52.9 Å². The molecule has 0 aliphatic heterocycles. The van der Waals surface area contributed by atoms with Crippen LogP contribution in [0.5, 0.6) is 5.75 Å². The summed E-state index contributed by atoms with van der Waals surface area (Å²) in [6.45, 7) is 0. The van der Waals surface area contributed by atoms with E-state index in [0.717, 1.165) is 0 Å². The quantitative estimate of drug-likeness (QED) is 0.414. The zero-order chi connectivity index (χ0) is 14.4. The average molecular weight is 506 g/mol. The number of hydrogen-bond donors (Lipinski definition) is 2. The Bertz CT molecular complexity index is 1040. The fourth-order valence-corrected chi connectivity index (χ4v) is 2.29. The molecule has 0 aliphatic carbocycles. The summed E-state index contributed by atoms with van der Waals surface area (Å²) in [6, 6.07) is 10.2. The number of phenolic OH excluding ortho intramolecular Hbond substituents is 1. The topological polar surface area (TPSA) is 92.0 Å². The molecule has 1 aromatic carbocycles. The van der Waals surface area contributed by atoms with E-state index in [-0.39, 0.29) is 61.2 Å². The van der Waals surface area contributed by atoms with Gasteiger partial charge >= 0.3 is 0 Å². The summed E-state index contributed by atoms with van der Waals surface area (Å²) >= 11 is 0. The molecule has 0 fully saturated rings. The fraction of sp³-hybridized carbons (Fsp3) is 0. The molecule has 0 saturated carbocycles. The molecule has 1 radical (unpaired) electrons. The first-order valence-corrected chi connectivity index (χ1v) is 6.30. The monoisotopic (exact) mass is 506 g/mol. The second-order valence-corrected chi connectivity index (χ2v) is 4.57. The summed E-state index contributed by atoms with van der Waals surface area (Å²) in [5.41, 5.74) is 0.967. The molecule has 7 heteroatoms. The molecule has 0 saturated heterocycles. The van der Waals surface area contributed by atoms with Gasteiger partial charge in [0.05, 0.1) is 10.9 Å². The fourth-order valence-electron chi connectivity index (χ4n) is 2.29. The molecule has 105 valence electrons. The van der Waals surface area contributed by atoms with Crippen LogP contribution in [-0.4, -0.2) is 20.1 Å². The van der Waals surface area contributed by atoms with Crippen LogP contribution in [0.25, 0.3) is 33.6 Å². The normalized spacial score (nSPS) is 10.7. The van der Waals surface area contributed by atoms with Crippen molar-refractivity contribution in [3.63, 3.8) is 0 Å². The SMILES string of the molecule is O=c1[nH]c(-c2ccccc2O)nc2c1oc1ncccc12.[Ac]. The van der Waals surface area contributed by atoms with Crippen molar-refractivity contribution in [1.29, 1.82) is 0 Å². The Kier molecular flexibility index (Phi) is 4.02. The average Bonchev–Trinajstić information content (AvgIpc) is 2.87. The Labute approximate surface area is 159 Å². The Morgan fingerprint density at radius 3 is 2.77 bits per heavy atom. The molecule has 0 spiro atoms. The van der Waals surface area contributed by atoms with Gasteiger partial charge in [-0.25, -0.2) is 9.97 Å². The Hall–Kier alpha value is -1.71. The molecule has 3 aromatic heterocycles. The third-order valence-electron chi connectivity index (χ3n) is 3.26. The number of aromatic amines is 1. The number of aromatic hydroxyl groups is 1. The molecular weight excluding hydrogens is 497 g/mol. The largest absolute Gasteiger partial charge is 0.507 e. The van der Waals surface area contributed by atoms with Gasteiger partial charge in [0.15, 0.2) is 0 Å². The minimum atomic E-state index is -0.406. The second-order valence-electron chi connectivity index (χ2n) is 4.57. The molecule has 4 rings (SSSR count). The summed E-state index contributed by atoms with van der Waals surface area (Å²) in [6.07, 6.45) is 1.59. The standard InChI is InChI=1S/C15H9N3O3.Ac/c19-10-6-2-1-4-8(10)13-17-11-9-5-3-7-16-15(9)21-12(11)14(20)18-13;/h1-7,19H,(H,17,18,20);. The van der Waals surface area contributed by atoms with Gasteiger partial charge in [-0.15, -0.1) is 0 Å². The number of benzene rings is 1. The Morgan fingerprint density at radius 2 is 1.95 bits per heavy atom. The summed E-state index contributed by atoms with van der Waals surface area (Å²) in [4.78, 5) is 23.3. The van der Waals surface area contributed by atoms with Crippen LogP contribution in [0.2, 0.25) is 0 Å². The number of hydrogen-bond acceptors (Lipinski definition) is 5. The number of nitrogens with one attached hydrogen (secondary N) is 1. The van der Waals surface area contributed by atoms with Gasteiger partial charge in [-0.2, -0.15) is 0 Å². The molecule has 0 amide bonds. The van der Waals surface area contributed by atoms with Gasteiger partial charge in [-0.1, -0.05) is 12.1 Å². The minimum absolute atomic E-state index is 0. The van der Waals surface area contributed by atoms with E-state index in [4.69, 9.17) is 4.42 Å². The van der Waals surface area contributed by atoms with Crippen LogP contribution in [0.15, 0.2) is 51.8 Å². The first kappa shape index (κ1) is 15.2. The number of H-pyrrole nitrogens is 1. The number of aromatic nitrogens is 3. The maximum atomic E-state index is 12.2. The number of rotatable bonds is 1. The van der Waals surface area contributed by atoms with E-state index in [1.54, 1.807) is 36.5 Å². The number of phenols is 1. The Balaban J connectivity index is 0.00000144. The van der Waals surface area contributed by atoms with Crippen molar-refractivity contribution in [2.45, 2.75) is 0 Å². The predicted molar refractivity (Wildman–Crippen MR) is 77.0 cm³/mol. The molecule has 0 aliphatic rings. The van der Waals surface area contributed by atoms with E-state index in [1.807, 2.05) is 0 Å². The predicted octanol–water partition coefficient (Wildman–Crippen LogP) is 2.44. The van der Waals surface area contributed by atoms with Crippen molar-refractivity contribution >= 4 is 22.2 Å². The van der Waals surface area contributed by atoms with Crippen molar-refractivity contribution in [2.75, 3.05) is 0 Å². The molecular formula is C15H9AcN3O3. The first-order chi connectivity index (χ1) is 10.2. The number of fused-ring (bicyclic) bond motifs is 3. The van der Waals surface area contributed by atoms with Crippen LogP contribution in [0.3, 0.4) is 0 Å². The zero-order valence-corrected chi connectivity index (χ0v) is 16.0. The maximum absolute atomic E-state index is 12.2. The van der Waals surface area contributed by atoms with Gasteiger partial charge in [-0.05, 0) is 24.3 Å². The smallest absolute Gasteiger partial charge is 0.294 e. The molecule has 4 aromatic rings. The summed E-state index contributed by atoms with van der Waals surface area (Å²) in [5.74, 6) is 0.336. The van der Waals surface area contributed by atoms with E-state index in [9.17, 15) is 9.90 Å². The van der Waals surface area contributed by atoms with Gasteiger partial charge in [0, 0.05) is 50.3 Å². The number of para-hydroxylation sites is 1. The van der Waals surface area contributed by atoms with E-state index in [2.05, 4.69) is 15.0 Å². The Morgan fingerprint density at radius 1 is 1.14 bits per heavy atom. The van der Waals surface area contributed by atoms with Gasteiger partial charge in [0.25, 0.3) is 5.56 Å². The van der Waals surface area contributed by atoms with E-state index < -0.39 is 5.56 Å². The van der Waals surface area contributed by atoms with Gasteiger partial charge in [-0.3, -0.25) is 4.79 Å². The molecule has 6 nitrogen and oxygen atoms in total. The van der Waals surface area contributed by atoms with Crippen LogP contribution in [0.4, 0.5) is 0 Å². The molecule has 2 N–H and O–H groups in total. The van der Waals surface area contributed by atoms with Gasteiger partial charge in [0.1, 0.15) is 17.1 Å². The zero-order valence-electron chi connectivity index (χ0n) is 11.3. The maximum Gasteiger partial charge on any atom is 0.294 e. The first-order valence-electron chi connectivity index (χ1n) is 6.30. The van der Waals surface area contributed by atoms with Crippen LogP contribution in [0, 0.1) is 44.1 Å². The van der Waals surface area contributed by atoms with Crippen LogP contribution in [0.1, 0.15) is 0 Å². The van der Waals surface area contributed by atoms with Crippen LogP contribution < -0.4 is 5.56 Å². The van der Waals surface area contributed by atoms with Crippen molar-refractivity contribution in [2.24, 2.45) is 0 Å². The third kappa shape index (κ3) is 2.35. The summed E-state index contributed by atoms with van der Waals surface area (Å²) < 4.78 is 5.42.